The molecule has 0 spiro atoms. The number of benzene rings is 2. The molecule has 0 N–H and O–H groups in total. The van der Waals surface area contributed by atoms with Gasteiger partial charge < -0.3 is 18.9 Å². The molecule has 0 aromatic heterocycles. The Morgan fingerprint density at radius 3 is 1.47 bits per heavy atom. The lowest BCUT2D eigenvalue weighted by Gasteiger charge is -2.26. The smallest absolute Gasteiger partial charge is 0.410 e. The topological polar surface area (TPSA) is 94.6 Å². The molecule has 2 aromatic rings. The van der Waals surface area contributed by atoms with E-state index in [-0.39, 0.29) is 44.2 Å². The van der Waals surface area contributed by atoms with Gasteiger partial charge in [-0.05, 0) is 11.1 Å². The molecule has 9 heteroatoms. The fourth-order valence-corrected chi connectivity index (χ4v) is 4.10. The van der Waals surface area contributed by atoms with Gasteiger partial charge in [-0.3, -0.25) is 14.6 Å². The van der Waals surface area contributed by atoms with Crippen LogP contribution in [-0.4, -0.2) is 79.5 Å². The van der Waals surface area contributed by atoms with Crippen molar-refractivity contribution >= 4 is 18.0 Å². The van der Waals surface area contributed by atoms with Crippen LogP contribution in [0, 0.1) is 0 Å². The predicted octanol–water partition coefficient (Wildman–Crippen LogP) is 3.41. The fourth-order valence-electron chi connectivity index (χ4n) is 4.10. The highest BCUT2D eigenvalue weighted by Crippen LogP contribution is 2.15. The maximum Gasteiger partial charge on any atom is 0.410 e. The number of carbonyl (C=O) groups is 3. The third-order valence-corrected chi connectivity index (χ3v) is 5.99. The van der Waals surface area contributed by atoms with Crippen LogP contribution in [0.3, 0.4) is 0 Å². The zero-order valence-corrected chi connectivity index (χ0v) is 20.3. The Morgan fingerprint density at radius 2 is 1.11 bits per heavy atom. The number of carbonyl (C=O) groups excluding carboxylic acids is 3. The Hall–Kier alpha value is -3.43. The van der Waals surface area contributed by atoms with E-state index in [2.05, 4.69) is 0 Å². The van der Waals surface area contributed by atoms with E-state index in [0.29, 0.717) is 39.3 Å². The van der Waals surface area contributed by atoms with Crippen LogP contribution in [0.1, 0.15) is 24.0 Å². The van der Waals surface area contributed by atoms with Gasteiger partial charge in [-0.1, -0.05) is 60.7 Å². The number of hydrogen-bond acceptors (Lipinski definition) is 7. The van der Waals surface area contributed by atoms with Gasteiger partial charge in [0.1, 0.15) is 12.2 Å². The number of ketones is 1. The normalized spacial score (nSPS) is 19.0. The number of nitrogens with zero attached hydrogens (tertiary/aromatic N) is 2. The van der Waals surface area contributed by atoms with Crippen molar-refractivity contribution in [2.75, 3.05) is 39.5 Å². The van der Waals surface area contributed by atoms with E-state index >= 15 is 0 Å². The Balaban J connectivity index is 1.43. The zero-order valence-electron chi connectivity index (χ0n) is 20.3. The van der Waals surface area contributed by atoms with Crippen LogP contribution >= 0.6 is 0 Å². The summed E-state index contributed by atoms with van der Waals surface area (Å²) >= 11 is 0. The minimum Gasteiger partial charge on any atom is -0.444 e. The number of rotatable bonds is 10. The molecule has 0 unspecified atom stereocenters. The number of ether oxygens (including phenoxy) is 4. The molecule has 192 valence electrons. The van der Waals surface area contributed by atoms with Gasteiger partial charge in [0.15, 0.2) is 5.78 Å². The van der Waals surface area contributed by atoms with Crippen molar-refractivity contribution in [1.82, 2.24) is 9.80 Å². The summed E-state index contributed by atoms with van der Waals surface area (Å²) < 4.78 is 21.7. The minimum absolute atomic E-state index is 0.202. The summed E-state index contributed by atoms with van der Waals surface area (Å²) in [6.07, 6.45) is -0.569. The number of Topliss-reactive ketones (excluding diaryl/α,β-unsaturated/α-hetero) is 1. The Kier molecular flexibility index (Phi) is 9.29. The van der Waals surface area contributed by atoms with Crippen LogP contribution in [0.2, 0.25) is 0 Å². The van der Waals surface area contributed by atoms with Gasteiger partial charge in [0.05, 0.1) is 39.5 Å². The van der Waals surface area contributed by atoms with Crippen LogP contribution in [0.4, 0.5) is 9.59 Å². The maximum atomic E-state index is 13.2. The zero-order chi connectivity index (χ0) is 25.2. The minimum atomic E-state index is -0.581. The van der Waals surface area contributed by atoms with Crippen molar-refractivity contribution in [2.24, 2.45) is 0 Å². The van der Waals surface area contributed by atoms with Gasteiger partial charge in [-0.2, -0.15) is 0 Å². The SMILES string of the molecule is O=C(CN(Cc1ccccc1)C(=O)O[C@@H]1CCOC1)CN(Cc1ccccc1)C(=O)O[C@H]1CCOC1. The standard InChI is InChI=1S/C27H32N2O7/c30-23(17-28(15-21-7-3-1-4-8-21)26(31)35-24-11-13-33-19-24)18-29(16-22-9-5-2-6-10-22)27(32)36-25-12-14-34-20-25/h1-10,24-25H,11-20H2/t24-,25+. The van der Waals surface area contributed by atoms with Gasteiger partial charge in [-0.15, -0.1) is 0 Å². The van der Waals surface area contributed by atoms with E-state index in [4.69, 9.17) is 18.9 Å². The summed E-state index contributed by atoms with van der Waals surface area (Å²) in [4.78, 5) is 41.8. The van der Waals surface area contributed by atoms with Crippen molar-refractivity contribution in [1.29, 1.82) is 0 Å². The number of amides is 2. The molecule has 2 amide bonds. The summed E-state index contributed by atoms with van der Waals surface area (Å²) in [5.74, 6) is -0.305. The molecule has 0 aliphatic carbocycles. The molecular weight excluding hydrogens is 464 g/mol. The molecule has 36 heavy (non-hydrogen) atoms. The van der Waals surface area contributed by atoms with Gasteiger partial charge in [0.2, 0.25) is 0 Å². The first-order valence-corrected chi connectivity index (χ1v) is 12.2. The molecule has 2 fully saturated rings. The van der Waals surface area contributed by atoms with Gasteiger partial charge in [0, 0.05) is 25.9 Å². The number of hydrogen-bond donors (Lipinski definition) is 0. The largest absolute Gasteiger partial charge is 0.444 e. The van der Waals surface area contributed by atoms with E-state index in [1.807, 2.05) is 60.7 Å². The summed E-state index contributed by atoms with van der Waals surface area (Å²) in [5, 5.41) is 0. The second-order valence-electron chi connectivity index (χ2n) is 8.96. The van der Waals surface area contributed by atoms with Crippen LogP contribution in [0.15, 0.2) is 60.7 Å². The molecule has 4 rings (SSSR count). The van der Waals surface area contributed by atoms with E-state index < -0.39 is 12.2 Å². The highest BCUT2D eigenvalue weighted by Gasteiger charge is 2.28. The van der Waals surface area contributed by atoms with Crippen molar-refractivity contribution in [2.45, 2.75) is 38.1 Å². The Labute approximate surface area is 210 Å². The van der Waals surface area contributed by atoms with Crippen molar-refractivity contribution in [3.63, 3.8) is 0 Å². The molecule has 9 nitrogen and oxygen atoms in total. The second kappa shape index (κ2) is 13.0. The average Bonchev–Trinajstić information content (AvgIpc) is 3.59. The molecule has 0 bridgehead atoms. The van der Waals surface area contributed by atoms with E-state index in [9.17, 15) is 14.4 Å². The fraction of sp³-hybridized carbons (Fsp3) is 0.444. The van der Waals surface area contributed by atoms with Crippen LogP contribution in [-0.2, 0) is 36.8 Å². The summed E-state index contributed by atoms with van der Waals surface area (Å²) in [6.45, 7) is 1.79. The molecule has 2 aliphatic rings. The predicted molar refractivity (Wildman–Crippen MR) is 130 cm³/mol. The monoisotopic (exact) mass is 496 g/mol. The molecule has 2 heterocycles. The Morgan fingerprint density at radius 1 is 0.694 bits per heavy atom. The van der Waals surface area contributed by atoms with Gasteiger partial charge in [-0.25, -0.2) is 9.59 Å². The summed E-state index contributed by atoms with van der Waals surface area (Å²) in [7, 11) is 0. The van der Waals surface area contributed by atoms with Crippen LogP contribution in [0.5, 0.6) is 0 Å². The van der Waals surface area contributed by atoms with E-state index in [0.717, 1.165) is 11.1 Å². The summed E-state index contributed by atoms with van der Waals surface area (Å²) in [6, 6.07) is 18.8. The second-order valence-corrected chi connectivity index (χ2v) is 8.96. The maximum absolute atomic E-state index is 13.2. The molecule has 2 aromatic carbocycles. The van der Waals surface area contributed by atoms with Crippen molar-refractivity contribution in [3.05, 3.63) is 71.8 Å². The first-order valence-electron chi connectivity index (χ1n) is 12.2. The molecular formula is C27H32N2O7. The molecule has 2 aliphatic heterocycles. The van der Waals surface area contributed by atoms with Crippen LogP contribution < -0.4 is 0 Å². The highest BCUT2D eigenvalue weighted by atomic mass is 16.6. The summed E-state index contributed by atoms with van der Waals surface area (Å²) in [5.41, 5.74) is 1.73. The van der Waals surface area contributed by atoms with Gasteiger partial charge in [0.25, 0.3) is 0 Å². The quantitative estimate of drug-likeness (QED) is 0.498. The molecule has 0 radical (unpaired) electrons. The van der Waals surface area contributed by atoms with Crippen molar-refractivity contribution < 1.29 is 33.3 Å². The lowest BCUT2D eigenvalue weighted by Crippen LogP contribution is -2.43. The first kappa shape index (κ1) is 25.7. The third kappa shape index (κ3) is 7.79. The lowest BCUT2D eigenvalue weighted by atomic mass is 10.2. The van der Waals surface area contributed by atoms with E-state index in [1.165, 1.54) is 9.80 Å². The lowest BCUT2D eigenvalue weighted by molar-refractivity contribution is -0.121. The third-order valence-electron chi connectivity index (χ3n) is 5.99. The van der Waals surface area contributed by atoms with Crippen LogP contribution in [0.25, 0.3) is 0 Å². The molecule has 0 saturated carbocycles. The Bertz CT molecular complexity index is 910. The highest BCUT2D eigenvalue weighted by molar-refractivity contribution is 5.88. The molecule has 2 saturated heterocycles. The van der Waals surface area contributed by atoms with E-state index in [1.54, 1.807) is 0 Å². The van der Waals surface area contributed by atoms with Gasteiger partial charge >= 0.3 is 12.2 Å². The average molecular weight is 497 g/mol. The molecule has 2 atom stereocenters. The first-order chi connectivity index (χ1) is 17.6. The van der Waals surface area contributed by atoms with Crippen molar-refractivity contribution in [3.8, 4) is 0 Å².